The fraction of sp³-hybridized carbons (Fsp3) is 0.0625. The molecule has 0 saturated heterocycles. The Balaban J connectivity index is 1.03. The average molecular weight is 907 g/mol. The van der Waals surface area contributed by atoms with Crippen molar-refractivity contribution < 1.29 is 0 Å². The Kier molecular flexibility index (Phi) is 9.50. The zero-order valence-electron chi connectivity index (χ0n) is 38.1. The molecule has 0 bridgehead atoms. The van der Waals surface area contributed by atoms with Crippen LogP contribution in [0.2, 0.25) is 0 Å². The monoisotopic (exact) mass is 906 g/mol. The number of hydrogen-bond donors (Lipinski definition) is 0. The minimum Gasteiger partial charge on any atom is -0.310 e. The molecular weight excluding hydrogens is 861 g/mol. The standard InChI is InChI=1S/C64H46N2S2/c1-41-29-31-46(32-30-41)65(44-19-6-4-7-20-44)48-37-53(62-56(39-48)51-24-11-14-27-60(51)67-62)42-17-16-18-43(35-42)54-38-49(40-57-52-25-12-15-28-61(52)68-63(54)57)66(45-21-8-5-9-22-45)47-33-34-59-55(36-47)50-23-10-13-26-58(50)64(59,2)3/h4-40H,1-3H3. The van der Waals surface area contributed by atoms with Crippen molar-refractivity contribution in [1.82, 2.24) is 0 Å². The lowest BCUT2D eigenvalue weighted by Gasteiger charge is -2.28. The van der Waals surface area contributed by atoms with Gasteiger partial charge in [-0.15, -0.1) is 22.7 Å². The summed E-state index contributed by atoms with van der Waals surface area (Å²) in [6, 6.07) is 83.3. The van der Waals surface area contributed by atoms with Crippen LogP contribution in [0, 0.1) is 6.92 Å². The van der Waals surface area contributed by atoms with Crippen molar-refractivity contribution >= 4 is 97.1 Å². The molecule has 0 spiro atoms. The van der Waals surface area contributed by atoms with Crippen LogP contribution in [0.3, 0.4) is 0 Å². The quantitative estimate of drug-likeness (QED) is 0.150. The van der Waals surface area contributed by atoms with E-state index in [4.69, 9.17) is 0 Å². The molecule has 12 aromatic rings. The van der Waals surface area contributed by atoms with E-state index in [9.17, 15) is 0 Å². The lowest BCUT2D eigenvalue weighted by atomic mass is 9.82. The van der Waals surface area contributed by atoms with Crippen molar-refractivity contribution in [2.24, 2.45) is 0 Å². The van der Waals surface area contributed by atoms with Gasteiger partial charge in [0.2, 0.25) is 0 Å². The van der Waals surface area contributed by atoms with E-state index >= 15 is 0 Å². The Morgan fingerprint density at radius 3 is 1.37 bits per heavy atom. The highest BCUT2D eigenvalue weighted by molar-refractivity contribution is 7.26. The third kappa shape index (κ3) is 6.58. The topological polar surface area (TPSA) is 6.48 Å². The van der Waals surface area contributed by atoms with Crippen LogP contribution >= 0.6 is 22.7 Å². The van der Waals surface area contributed by atoms with Gasteiger partial charge in [0.25, 0.3) is 0 Å². The second-order valence-corrected chi connectivity index (χ2v) is 20.7. The fourth-order valence-electron chi connectivity index (χ4n) is 10.8. The van der Waals surface area contributed by atoms with E-state index in [1.54, 1.807) is 0 Å². The predicted molar refractivity (Wildman–Crippen MR) is 295 cm³/mol. The molecule has 68 heavy (non-hydrogen) atoms. The number of rotatable bonds is 8. The molecule has 4 heteroatoms. The minimum absolute atomic E-state index is 0.0733. The number of anilines is 6. The van der Waals surface area contributed by atoms with Crippen molar-refractivity contribution in [2.45, 2.75) is 26.2 Å². The van der Waals surface area contributed by atoms with Gasteiger partial charge in [0.15, 0.2) is 0 Å². The second-order valence-electron chi connectivity index (χ2n) is 18.6. The minimum atomic E-state index is -0.0733. The maximum atomic E-state index is 2.46. The summed E-state index contributed by atoms with van der Waals surface area (Å²) in [5.74, 6) is 0. The second kappa shape index (κ2) is 16.0. The van der Waals surface area contributed by atoms with Crippen LogP contribution in [0.1, 0.15) is 30.5 Å². The van der Waals surface area contributed by atoms with E-state index in [-0.39, 0.29) is 5.41 Å². The summed E-state index contributed by atoms with van der Waals surface area (Å²) in [7, 11) is 0. The molecule has 13 rings (SSSR count). The molecule has 0 radical (unpaired) electrons. The molecule has 2 heterocycles. The maximum absolute atomic E-state index is 2.46. The van der Waals surface area contributed by atoms with E-state index in [1.165, 1.54) is 90.4 Å². The van der Waals surface area contributed by atoms with Crippen molar-refractivity contribution in [3.05, 3.63) is 241 Å². The first kappa shape index (κ1) is 40.5. The van der Waals surface area contributed by atoms with Crippen molar-refractivity contribution in [1.29, 1.82) is 0 Å². The first-order valence-corrected chi connectivity index (χ1v) is 25.0. The molecule has 2 aromatic heterocycles. The zero-order valence-corrected chi connectivity index (χ0v) is 39.7. The largest absolute Gasteiger partial charge is 0.310 e. The van der Waals surface area contributed by atoms with Crippen LogP contribution in [0.15, 0.2) is 224 Å². The van der Waals surface area contributed by atoms with E-state index < -0.39 is 0 Å². The summed E-state index contributed by atoms with van der Waals surface area (Å²) in [4.78, 5) is 4.86. The van der Waals surface area contributed by atoms with Gasteiger partial charge in [-0.2, -0.15) is 0 Å². The van der Waals surface area contributed by atoms with Gasteiger partial charge < -0.3 is 9.80 Å². The number of thiophene rings is 2. The van der Waals surface area contributed by atoms with Crippen LogP contribution < -0.4 is 9.80 Å². The van der Waals surface area contributed by atoms with Crippen molar-refractivity contribution in [3.8, 4) is 33.4 Å². The molecule has 0 aliphatic heterocycles. The Morgan fingerprint density at radius 1 is 0.324 bits per heavy atom. The van der Waals surface area contributed by atoms with Gasteiger partial charge in [-0.1, -0.05) is 153 Å². The number of fused-ring (bicyclic) bond motifs is 9. The maximum Gasteiger partial charge on any atom is 0.0475 e. The Bertz CT molecular complexity index is 3900. The molecular formula is C64H46N2S2. The number of nitrogens with zero attached hydrogens (tertiary/aromatic N) is 2. The van der Waals surface area contributed by atoms with E-state index in [1.807, 2.05) is 22.7 Å². The summed E-state index contributed by atoms with van der Waals surface area (Å²) in [6.07, 6.45) is 0. The third-order valence-electron chi connectivity index (χ3n) is 14.1. The first-order chi connectivity index (χ1) is 33.4. The van der Waals surface area contributed by atoms with Gasteiger partial charge in [0, 0.05) is 91.0 Å². The highest BCUT2D eigenvalue weighted by atomic mass is 32.1. The predicted octanol–water partition coefficient (Wildman–Crippen LogP) is 19.3. The van der Waals surface area contributed by atoms with Gasteiger partial charge in [-0.3, -0.25) is 0 Å². The molecule has 324 valence electrons. The SMILES string of the molecule is Cc1ccc(N(c2ccccc2)c2cc(-c3cccc(-c4cc(N(c5ccccc5)c5ccc6c(c5)-c5ccccc5C6(C)C)cc5c4sc4ccccc45)c3)c3sc4ccccc4c3c2)cc1. The van der Waals surface area contributed by atoms with Crippen molar-refractivity contribution in [3.63, 3.8) is 0 Å². The third-order valence-corrected chi connectivity index (χ3v) is 16.5. The number of para-hydroxylation sites is 2. The molecule has 0 N–H and O–H groups in total. The van der Waals surface area contributed by atoms with Gasteiger partial charge in [-0.25, -0.2) is 0 Å². The zero-order chi connectivity index (χ0) is 45.5. The van der Waals surface area contributed by atoms with Gasteiger partial charge in [0.05, 0.1) is 0 Å². The smallest absolute Gasteiger partial charge is 0.0475 e. The molecule has 0 saturated carbocycles. The van der Waals surface area contributed by atoms with Crippen LogP contribution in [0.5, 0.6) is 0 Å². The van der Waals surface area contributed by atoms with Gasteiger partial charge >= 0.3 is 0 Å². The average Bonchev–Trinajstić information content (AvgIpc) is 4.02. The fourth-order valence-corrected chi connectivity index (χ4v) is 13.2. The van der Waals surface area contributed by atoms with Gasteiger partial charge in [-0.05, 0) is 131 Å². The van der Waals surface area contributed by atoms with Crippen LogP contribution in [-0.2, 0) is 5.41 Å². The van der Waals surface area contributed by atoms with Crippen LogP contribution in [0.25, 0.3) is 73.7 Å². The van der Waals surface area contributed by atoms with Crippen LogP contribution in [-0.4, -0.2) is 0 Å². The highest BCUT2D eigenvalue weighted by Gasteiger charge is 2.35. The number of aryl methyl sites for hydroxylation is 1. The molecule has 0 fully saturated rings. The number of benzene rings is 10. The van der Waals surface area contributed by atoms with E-state index in [2.05, 4.69) is 255 Å². The molecule has 0 amide bonds. The molecule has 0 unspecified atom stereocenters. The van der Waals surface area contributed by atoms with E-state index in [0.29, 0.717) is 0 Å². The Morgan fingerprint density at radius 2 is 0.779 bits per heavy atom. The highest BCUT2D eigenvalue weighted by Crippen LogP contribution is 2.52. The first-order valence-electron chi connectivity index (χ1n) is 23.4. The van der Waals surface area contributed by atoms with E-state index in [0.717, 1.165) is 34.1 Å². The summed E-state index contributed by atoms with van der Waals surface area (Å²) >= 11 is 3.78. The molecule has 1 aliphatic rings. The molecule has 2 nitrogen and oxygen atoms in total. The molecule has 1 aliphatic carbocycles. The molecule has 0 atom stereocenters. The normalized spacial score (nSPS) is 12.8. The van der Waals surface area contributed by atoms with Crippen LogP contribution in [0.4, 0.5) is 34.1 Å². The lowest BCUT2D eigenvalue weighted by Crippen LogP contribution is -2.15. The lowest BCUT2D eigenvalue weighted by molar-refractivity contribution is 0.660. The summed E-state index contributed by atoms with van der Waals surface area (Å²) < 4.78 is 5.16. The van der Waals surface area contributed by atoms with Gasteiger partial charge in [0.1, 0.15) is 0 Å². The summed E-state index contributed by atoms with van der Waals surface area (Å²) in [5, 5.41) is 5.09. The van der Waals surface area contributed by atoms with Crippen molar-refractivity contribution in [2.75, 3.05) is 9.80 Å². The molecule has 10 aromatic carbocycles. The Hall–Kier alpha value is -7.76. The number of hydrogen-bond acceptors (Lipinski definition) is 4. The summed E-state index contributed by atoms with van der Waals surface area (Å²) in [5.41, 5.74) is 18.2. The summed E-state index contributed by atoms with van der Waals surface area (Å²) in [6.45, 7) is 6.86. The Labute approximate surface area is 405 Å².